The number of fused-ring (bicyclic) bond motifs is 1. The number of thiazole rings is 1. The quantitative estimate of drug-likeness (QED) is 0.775. The average Bonchev–Trinajstić information content (AvgIpc) is 3.08. The molecule has 2 amide bonds. The molecule has 1 fully saturated rings. The van der Waals surface area contributed by atoms with Crippen molar-refractivity contribution < 1.29 is 19.1 Å². The van der Waals surface area contributed by atoms with E-state index in [0.717, 1.165) is 10.2 Å². The molecular formula is C17H19N3O4S. The largest absolute Gasteiger partial charge is 0.449 e. The van der Waals surface area contributed by atoms with Gasteiger partial charge in [-0.1, -0.05) is 0 Å². The Hall–Kier alpha value is -2.48. The molecular weight excluding hydrogens is 342 g/mol. The Morgan fingerprint density at radius 3 is 2.52 bits per heavy atom. The van der Waals surface area contributed by atoms with Crippen molar-refractivity contribution in [2.24, 2.45) is 0 Å². The van der Waals surface area contributed by atoms with Crippen LogP contribution in [0, 0.1) is 0 Å². The zero-order chi connectivity index (χ0) is 18.0. The van der Waals surface area contributed by atoms with Gasteiger partial charge in [0.15, 0.2) is 6.10 Å². The van der Waals surface area contributed by atoms with E-state index >= 15 is 0 Å². The van der Waals surface area contributed by atoms with Gasteiger partial charge in [-0.15, -0.1) is 11.3 Å². The first-order valence-corrected chi connectivity index (χ1v) is 8.92. The van der Waals surface area contributed by atoms with Crippen LogP contribution < -0.4 is 0 Å². The zero-order valence-electron chi connectivity index (χ0n) is 14.1. The van der Waals surface area contributed by atoms with Crippen LogP contribution >= 0.6 is 11.3 Å². The molecule has 1 aromatic carbocycles. The van der Waals surface area contributed by atoms with Gasteiger partial charge in [-0.25, -0.2) is 9.78 Å². The fourth-order valence-electron chi connectivity index (χ4n) is 2.76. The summed E-state index contributed by atoms with van der Waals surface area (Å²) in [4.78, 5) is 43.6. The van der Waals surface area contributed by atoms with E-state index in [2.05, 4.69) is 4.98 Å². The van der Waals surface area contributed by atoms with Crippen molar-refractivity contribution >= 4 is 39.3 Å². The van der Waals surface area contributed by atoms with Crippen LogP contribution in [0.2, 0.25) is 0 Å². The number of aromatic nitrogens is 1. The minimum Gasteiger partial charge on any atom is -0.449 e. The van der Waals surface area contributed by atoms with Crippen LogP contribution in [0.4, 0.5) is 0 Å². The van der Waals surface area contributed by atoms with Crippen molar-refractivity contribution in [1.82, 2.24) is 14.8 Å². The highest BCUT2D eigenvalue weighted by Gasteiger charge is 2.28. The lowest BCUT2D eigenvalue weighted by Gasteiger charge is -2.35. The average molecular weight is 361 g/mol. The highest BCUT2D eigenvalue weighted by molar-refractivity contribution is 7.16. The number of hydrogen-bond donors (Lipinski definition) is 0. The minimum atomic E-state index is -0.867. The molecule has 0 radical (unpaired) electrons. The van der Waals surface area contributed by atoms with Crippen molar-refractivity contribution in [2.75, 3.05) is 26.2 Å². The Bertz CT molecular complexity index is 811. The van der Waals surface area contributed by atoms with Crippen LogP contribution in [0.25, 0.3) is 10.2 Å². The normalized spacial score (nSPS) is 15.9. The summed E-state index contributed by atoms with van der Waals surface area (Å²) in [5.74, 6) is -0.765. The van der Waals surface area contributed by atoms with Gasteiger partial charge in [0.05, 0.1) is 21.3 Å². The number of piperazine rings is 1. The van der Waals surface area contributed by atoms with Gasteiger partial charge in [0.2, 0.25) is 5.91 Å². The van der Waals surface area contributed by atoms with Crippen LogP contribution in [0.3, 0.4) is 0 Å². The van der Waals surface area contributed by atoms with E-state index in [0.29, 0.717) is 31.7 Å². The molecule has 0 spiro atoms. The number of rotatable bonds is 3. The van der Waals surface area contributed by atoms with E-state index in [9.17, 15) is 14.4 Å². The van der Waals surface area contributed by atoms with Crippen LogP contribution in [0.15, 0.2) is 23.7 Å². The van der Waals surface area contributed by atoms with Crippen LogP contribution in [-0.4, -0.2) is 64.9 Å². The lowest BCUT2D eigenvalue weighted by atomic mass is 10.2. The topological polar surface area (TPSA) is 79.8 Å². The lowest BCUT2D eigenvalue weighted by molar-refractivity contribution is -0.144. The number of esters is 1. The third-order valence-corrected chi connectivity index (χ3v) is 5.03. The second kappa shape index (κ2) is 7.18. The Labute approximate surface area is 149 Å². The van der Waals surface area contributed by atoms with Crippen LogP contribution in [0.5, 0.6) is 0 Å². The SMILES string of the molecule is CC(=O)N1CCN(C(=O)[C@@H](C)OC(=O)c2ccc3ncsc3c2)CC1. The second-order valence-electron chi connectivity index (χ2n) is 5.91. The summed E-state index contributed by atoms with van der Waals surface area (Å²) < 4.78 is 6.22. The second-order valence-corrected chi connectivity index (χ2v) is 6.80. The fourth-order valence-corrected chi connectivity index (χ4v) is 3.48. The Balaban J connectivity index is 1.59. The molecule has 25 heavy (non-hydrogen) atoms. The molecule has 1 aliphatic heterocycles. The molecule has 1 saturated heterocycles. The van der Waals surface area contributed by atoms with Gasteiger partial charge in [0, 0.05) is 33.1 Å². The maximum Gasteiger partial charge on any atom is 0.338 e. The van der Waals surface area contributed by atoms with Crippen LogP contribution in [-0.2, 0) is 14.3 Å². The molecule has 3 rings (SSSR count). The molecule has 0 bridgehead atoms. The van der Waals surface area contributed by atoms with E-state index in [1.54, 1.807) is 40.4 Å². The van der Waals surface area contributed by atoms with Gasteiger partial charge in [-0.3, -0.25) is 9.59 Å². The summed E-state index contributed by atoms with van der Waals surface area (Å²) in [6.45, 7) is 5.00. The number of hydrogen-bond acceptors (Lipinski definition) is 6. The van der Waals surface area contributed by atoms with Gasteiger partial charge in [0.25, 0.3) is 5.91 Å². The molecule has 0 unspecified atom stereocenters. The zero-order valence-corrected chi connectivity index (χ0v) is 14.9. The van der Waals surface area contributed by atoms with Crippen LogP contribution in [0.1, 0.15) is 24.2 Å². The number of carbonyl (C=O) groups excluding carboxylic acids is 3. The highest BCUT2D eigenvalue weighted by Crippen LogP contribution is 2.20. The molecule has 1 aliphatic rings. The van der Waals surface area contributed by atoms with Gasteiger partial charge in [-0.2, -0.15) is 0 Å². The first kappa shape index (κ1) is 17.3. The van der Waals surface area contributed by atoms with Gasteiger partial charge >= 0.3 is 5.97 Å². The molecule has 7 nitrogen and oxygen atoms in total. The first-order valence-electron chi connectivity index (χ1n) is 8.04. The molecule has 1 aromatic heterocycles. The first-order chi connectivity index (χ1) is 12.0. The fraction of sp³-hybridized carbons (Fsp3) is 0.412. The standard InChI is InChI=1S/C17H19N3O4S/c1-11(16(22)20-7-5-19(6-8-20)12(2)21)24-17(23)13-3-4-14-15(9-13)25-10-18-14/h3-4,9-11H,5-8H2,1-2H3/t11-/m1/s1. The lowest BCUT2D eigenvalue weighted by Crippen LogP contribution is -2.52. The smallest absolute Gasteiger partial charge is 0.338 e. The van der Waals surface area contributed by atoms with E-state index in [1.807, 2.05) is 0 Å². The van der Waals surface area contributed by atoms with Crippen molar-refractivity contribution in [3.8, 4) is 0 Å². The Morgan fingerprint density at radius 2 is 1.84 bits per heavy atom. The number of benzene rings is 1. The van der Waals surface area contributed by atoms with E-state index in [4.69, 9.17) is 4.74 Å². The monoisotopic (exact) mass is 361 g/mol. The van der Waals surface area contributed by atoms with Crippen molar-refractivity contribution in [1.29, 1.82) is 0 Å². The van der Waals surface area contributed by atoms with Gasteiger partial charge < -0.3 is 14.5 Å². The summed E-state index contributed by atoms with van der Waals surface area (Å²) in [7, 11) is 0. The van der Waals surface area contributed by atoms with Gasteiger partial charge in [-0.05, 0) is 25.1 Å². The highest BCUT2D eigenvalue weighted by atomic mass is 32.1. The molecule has 0 aliphatic carbocycles. The number of ether oxygens (including phenoxy) is 1. The minimum absolute atomic E-state index is 0.00466. The maximum atomic E-state index is 12.4. The predicted octanol–water partition coefficient (Wildman–Crippen LogP) is 1.53. The predicted molar refractivity (Wildman–Crippen MR) is 93.3 cm³/mol. The van der Waals surface area contributed by atoms with Crippen molar-refractivity contribution in [3.63, 3.8) is 0 Å². The number of carbonyl (C=O) groups is 3. The summed E-state index contributed by atoms with van der Waals surface area (Å²) in [6.07, 6.45) is -0.867. The molecule has 2 heterocycles. The Morgan fingerprint density at radius 1 is 1.16 bits per heavy atom. The van der Waals surface area contributed by atoms with Crippen molar-refractivity contribution in [2.45, 2.75) is 20.0 Å². The third kappa shape index (κ3) is 3.79. The maximum absolute atomic E-state index is 12.4. The number of nitrogens with zero attached hydrogens (tertiary/aromatic N) is 3. The molecule has 1 atom stereocenters. The summed E-state index contributed by atoms with van der Waals surface area (Å²) in [5.41, 5.74) is 2.94. The van der Waals surface area contributed by atoms with E-state index in [1.165, 1.54) is 18.3 Å². The van der Waals surface area contributed by atoms with Crippen molar-refractivity contribution in [3.05, 3.63) is 29.3 Å². The molecule has 0 saturated carbocycles. The Kier molecular flexibility index (Phi) is 4.98. The molecule has 0 N–H and O–H groups in total. The molecule has 8 heteroatoms. The summed E-state index contributed by atoms with van der Waals surface area (Å²) >= 11 is 1.44. The molecule has 132 valence electrons. The van der Waals surface area contributed by atoms with E-state index in [-0.39, 0.29) is 11.8 Å². The summed E-state index contributed by atoms with van der Waals surface area (Å²) in [6, 6.07) is 5.13. The van der Waals surface area contributed by atoms with E-state index < -0.39 is 12.1 Å². The third-order valence-electron chi connectivity index (χ3n) is 4.24. The van der Waals surface area contributed by atoms with Gasteiger partial charge in [0.1, 0.15) is 0 Å². The summed E-state index contributed by atoms with van der Waals surface area (Å²) in [5, 5.41) is 0. The molecule has 2 aromatic rings. The number of amides is 2.